The molecule has 7 nitrogen and oxygen atoms in total. The first kappa shape index (κ1) is 16.0. The van der Waals surface area contributed by atoms with Crippen molar-refractivity contribution in [3.05, 3.63) is 39.7 Å². The third kappa shape index (κ3) is 2.97. The molecule has 1 unspecified atom stereocenters. The van der Waals surface area contributed by atoms with Crippen molar-refractivity contribution in [3.63, 3.8) is 0 Å². The molecule has 130 valence electrons. The molecule has 1 atom stereocenters. The monoisotopic (exact) mass is 359 g/mol. The second-order valence-corrected chi connectivity index (χ2v) is 6.98. The van der Waals surface area contributed by atoms with E-state index in [0.717, 1.165) is 17.7 Å². The summed E-state index contributed by atoms with van der Waals surface area (Å²) in [5, 5.41) is 3.26. The maximum atomic E-state index is 12.7. The number of benzene rings is 1. The number of hydrogen-bond donors (Lipinski definition) is 2. The highest BCUT2D eigenvalue weighted by Gasteiger charge is 2.32. The Morgan fingerprint density at radius 3 is 2.96 bits per heavy atom. The van der Waals surface area contributed by atoms with Crippen molar-refractivity contribution in [1.82, 2.24) is 9.97 Å². The van der Waals surface area contributed by atoms with Crippen LogP contribution in [-0.2, 0) is 4.79 Å². The van der Waals surface area contributed by atoms with Crippen LogP contribution in [0.5, 0.6) is 11.5 Å². The molecule has 2 aliphatic rings. The summed E-state index contributed by atoms with van der Waals surface area (Å²) in [5.41, 5.74) is 1.10. The molecule has 1 amide bonds. The third-order valence-corrected chi connectivity index (χ3v) is 5.25. The van der Waals surface area contributed by atoms with Crippen LogP contribution < -0.4 is 20.3 Å². The normalized spacial score (nSPS) is 18.0. The number of amides is 1. The first-order valence-electron chi connectivity index (χ1n) is 8.12. The van der Waals surface area contributed by atoms with E-state index in [1.807, 2.05) is 12.1 Å². The Morgan fingerprint density at radius 1 is 1.28 bits per heavy atom. The lowest BCUT2D eigenvalue weighted by molar-refractivity contribution is -0.116. The van der Waals surface area contributed by atoms with Crippen molar-refractivity contribution < 1.29 is 14.3 Å². The Hall–Kier alpha value is -2.48. The minimum atomic E-state index is -0.361. The van der Waals surface area contributed by atoms with Crippen LogP contribution in [0.3, 0.4) is 0 Å². The Morgan fingerprint density at radius 2 is 2.12 bits per heavy atom. The molecular formula is C17H17N3O4S. The van der Waals surface area contributed by atoms with E-state index in [9.17, 15) is 9.59 Å². The number of carbonyl (C=O) groups excluding carboxylic acids is 1. The molecule has 0 fully saturated rings. The first-order valence-corrected chi connectivity index (χ1v) is 9.10. The van der Waals surface area contributed by atoms with E-state index < -0.39 is 0 Å². The Balaban J connectivity index is 1.76. The maximum absolute atomic E-state index is 12.7. The Labute approximate surface area is 148 Å². The lowest BCUT2D eigenvalue weighted by atomic mass is 9.86. The van der Waals surface area contributed by atoms with Crippen LogP contribution >= 0.6 is 11.8 Å². The molecule has 0 bridgehead atoms. The number of carbonyl (C=O) groups is 1. The smallest absolute Gasteiger partial charge is 0.257 e. The summed E-state index contributed by atoms with van der Waals surface area (Å²) in [7, 11) is 0. The number of hydrogen-bond acceptors (Lipinski definition) is 6. The van der Waals surface area contributed by atoms with Gasteiger partial charge in [-0.25, -0.2) is 4.98 Å². The highest BCUT2D eigenvalue weighted by molar-refractivity contribution is 7.99. The van der Waals surface area contributed by atoms with Crippen LogP contribution in [0.25, 0.3) is 0 Å². The number of nitrogens with zero attached hydrogens (tertiary/aromatic N) is 1. The Bertz CT molecular complexity index is 896. The van der Waals surface area contributed by atoms with Gasteiger partial charge >= 0.3 is 0 Å². The van der Waals surface area contributed by atoms with Gasteiger partial charge in [-0.2, -0.15) is 0 Å². The first-order chi connectivity index (χ1) is 12.2. The molecule has 4 rings (SSSR count). The molecule has 8 heteroatoms. The molecule has 0 radical (unpaired) electrons. The number of fused-ring (bicyclic) bond motifs is 2. The molecule has 2 aromatic rings. The summed E-state index contributed by atoms with van der Waals surface area (Å²) in [5.74, 6) is 1.98. The van der Waals surface area contributed by atoms with Crippen molar-refractivity contribution in [3.8, 4) is 11.5 Å². The molecule has 0 saturated heterocycles. The van der Waals surface area contributed by atoms with Gasteiger partial charge < -0.3 is 19.8 Å². The van der Waals surface area contributed by atoms with E-state index in [1.54, 1.807) is 6.07 Å². The molecule has 1 aromatic carbocycles. The molecule has 0 aliphatic carbocycles. The minimum Gasteiger partial charge on any atom is -0.454 e. The molecule has 1 aromatic heterocycles. The van der Waals surface area contributed by atoms with E-state index in [2.05, 4.69) is 22.2 Å². The molecule has 3 heterocycles. The van der Waals surface area contributed by atoms with Gasteiger partial charge in [0.25, 0.3) is 5.56 Å². The quantitative estimate of drug-likeness (QED) is 0.643. The zero-order valence-corrected chi connectivity index (χ0v) is 14.4. The number of aromatic amines is 1. The summed E-state index contributed by atoms with van der Waals surface area (Å²) in [4.78, 5) is 32.1. The lowest BCUT2D eigenvalue weighted by Crippen LogP contribution is -2.31. The van der Waals surface area contributed by atoms with E-state index in [1.165, 1.54) is 11.8 Å². The topological polar surface area (TPSA) is 93.3 Å². The number of nitrogens with one attached hydrogen (secondary N) is 2. The van der Waals surface area contributed by atoms with Gasteiger partial charge in [0.15, 0.2) is 16.7 Å². The zero-order chi connectivity index (χ0) is 17.4. The number of H-pyrrole nitrogens is 1. The van der Waals surface area contributed by atoms with Crippen LogP contribution in [0.4, 0.5) is 5.82 Å². The summed E-state index contributed by atoms with van der Waals surface area (Å²) in [6.07, 6.45) is 1.16. The van der Waals surface area contributed by atoms with Crippen molar-refractivity contribution in [2.75, 3.05) is 17.9 Å². The third-order valence-electron chi connectivity index (χ3n) is 4.17. The van der Waals surface area contributed by atoms with Gasteiger partial charge in [-0.15, -0.1) is 0 Å². The second-order valence-electron chi connectivity index (χ2n) is 5.90. The van der Waals surface area contributed by atoms with Gasteiger partial charge in [-0.05, 0) is 24.1 Å². The van der Waals surface area contributed by atoms with Gasteiger partial charge in [0.2, 0.25) is 12.7 Å². The number of aromatic nitrogens is 2. The van der Waals surface area contributed by atoms with E-state index in [-0.39, 0.29) is 30.6 Å². The summed E-state index contributed by atoms with van der Waals surface area (Å²) >= 11 is 1.47. The van der Waals surface area contributed by atoms with Crippen molar-refractivity contribution in [1.29, 1.82) is 0 Å². The van der Waals surface area contributed by atoms with Gasteiger partial charge in [0, 0.05) is 18.1 Å². The largest absolute Gasteiger partial charge is 0.454 e. The van der Waals surface area contributed by atoms with Gasteiger partial charge in [-0.1, -0.05) is 24.8 Å². The number of thioether (sulfide) groups is 1. The number of anilines is 1. The minimum absolute atomic E-state index is 0.153. The maximum Gasteiger partial charge on any atom is 0.257 e. The molecule has 0 spiro atoms. The van der Waals surface area contributed by atoms with Crippen molar-refractivity contribution in [2.24, 2.45) is 0 Å². The number of rotatable bonds is 4. The summed E-state index contributed by atoms with van der Waals surface area (Å²) in [6, 6.07) is 5.49. The summed E-state index contributed by atoms with van der Waals surface area (Å²) < 4.78 is 10.7. The fraction of sp³-hybridized carbons (Fsp3) is 0.353. The zero-order valence-electron chi connectivity index (χ0n) is 13.6. The van der Waals surface area contributed by atoms with Crippen LogP contribution in [0, 0.1) is 0 Å². The van der Waals surface area contributed by atoms with E-state index in [4.69, 9.17) is 9.47 Å². The summed E-state index contributed by atoms with van der Waals surface area (Å²) in [6.45, 7) is 2.24. The standard InChI is InChI=1S/C17H17N3O4S/c1-2-5-25-17-19-15-14(16(22)20-17)10(7-13(21)18-15)9-3-4-11-12(6-9)24-8-23-11/h3-4,6,10H,2,5,7-8H2,1H3,(H2,18,19,20,21,22). The van der Waals surface area contributed by atoms with Crippen molar-refractivity contribution in [2.45, 2.75) is 30.8 Å². The van der Waals surface area contributed by atoms with Gasteiger partial charge in [-0.3, -0.25) is 9.59 Å². The molecular weight excluding hydrogens is 342 g/mol. The average molecular weight is 359 g/mol. The van der Waals surface area contributed by atoms with E-state index in [0.29, 0.717) is 28.0 Å². The second kappa shape index (κ2) is 6.44. The Kier molecular flexibility index (Phi) is 4.12. The fourth-order valence-electron chi connectivity index (χ4n) is 3.03. The highest BCUT2D eigenvalue weighted by atomic mass is 32.2. The number of ether oxygens (including phenoxy) is 2. The highest BCUT2D eigenvalue weighted by Crippen LogP contribution is 2.39. The van der Waals surface area contributed by atoms with Gasteiger partial charge in [0.05, 0.1) is 5.56 Å². The lowest BCUT2D eigenvalue weighted by Gasteiger charge is -2.24. The van der Waals surface area contributed by atoms with Gasteiger partial charge in [0.1, 0.15) is 5.82 Å². The molecule has 0 saturated carbocycles. The predicted octanol–water partition coefficient (Wildman–Crippen LogP) is 2.47. The fourth-order valence-corrected chi connectivity index (χ4v) is 3.75. The van der Waals surface area contributed by atoms with Crippen LogP contribution in [0.15, 0.2) is 28.2 Å². The molecule has 2 N–H and O–H groups in total. The average Bonchev–Trinajstić information content (AvgIpc) is 3.06. The predicted molar refractivity (Wildman–Crippen MR) is 93.5 cm³/mol. The SMILES string of the molecule is CCCSc1nc2c(c(=O)[nH]1)C(c1ccc3c(c1)OCO3)CC(=O)N2. The van der Waals surface area contributed by atoms with Crippen LogP contribution in [-0.4, -0.2) is 28.4 Å². The van der Waals surface area contributed by atoms with Crippen LogP contribution in [0.1, 0.15) is 36.8 Å². The van der Waals surface area contributed by atoms with E-state index >= 15 is 0 Å². The van der Waals surface area contributed by atoms with Crippen LogP contribution in [0.2, 0.25) is 0 Å². The molecule has 2 aliphatic heterocycles. The van der Waals surface area contributed by atoms with Crippen molar-refractivity contribution >= 4 is 23.5 Å². The molecule has 25 heavy (non-hydrogen) atoms.